The average Bonchev–Trinajstić information content (AvgIpc) is 2.53. The Bertz CT molecular complexity index is 796. The fraction of sp³-hybridized carbons (Fsp3) is 0.500. The lowest BCUT2D eigenvalue weighted by Gasteiger charge is -2.42. The Hall–Kier alpha value is -1.76. The Kier molecular flexibility index (Phi) is 4.47. The summed E-state index contributed by atoms with van der Waals surface area (Å²) in [4.78, 5) is 0. The van der Waals surface area contributed by atoms with Gasteiger partial charge in [-0.15, -0.1) is 0 Å². The third-order valence-electron chi connectivity index (χ3n) is 6.00. The first-order valence-corrected chi connectivity index (χ1v) is 9.56. The predicted molar refractivity (Wildman–Crippen MR) is 108 cm³/mol. The molecule has 1 aliphatic carbocycles. The van der Waals surface area contributed by atoms with Crippen LogP contribution in [0.1, 0.15) is 69.7 Å². The molecule has 1 aliphatic rings. The van der Waals surface area contributed by atoms with Crippen LogP contribution in [0.25, 0.3) is 11.1 Å². The summed E-state index contributed by atoms with van der Waals surface area (Å²) in [5, 5.41) is 0. The smallest absolute Gasteiger partial charge is 0.127 e. The Morgan fingerprint density at radius 1 is 0.880 bits per heavy atom. The number of ether oxygens (including phenoxy) is 1. The highest BCUT2D eigenvalue weighted by Crippen LogP contribution is 2.48. The van der Waals surface area contributed by atoms with Crippen LogP contribution in [0, 0.1) is 13.8 Å². The van der Waals surface area contributed by atoms with Gasteiger partial charge in [-0.1, -0.05) is 45.9 Å². The molecular weight excluding hydrogens is 304 g/mol. The minimum atomic E-state index is 0.224. The van der Waals surface area contributed by atoms with Gasteiger partial charge in [0.2, 0.25) is 0 Å². The van der Waals surface area contributed by atoms with Crippen LogP contribution < -0.4 is 4.74 Å². The van der Waals surface area contributed by atoms with Crippen LogP contribution in [0.3, 0.4) is 0 Å². The van der Waals surface area contributed by atoms with E-state index < -0.39 is 0 Å². The summed E-state index contributed by atoms with van der Waals surface area (Å²) in [5.41, 5.74) is 8.72. The van der Waals surface area contributed by atoms with Gasteiger partial charge in [0, 0.05) is 5.56 Å². The van der Waals surface area contributed by atoms with E-state index >= 15 is 0 Å². The van der Waals surface area contributed by atoms with Crippen molar-refractivity contribution in [2.24, 2.45) is 0 Å². The van der Waals surface area contributed by atoms with Crippen molar-refractivity contribution in [1.82, 2.24) is 0 Å². The number of hydrogen-bond donors (Lipinski definition) is 0. The monoisotopic (exact) mass is 336 g/mol. The van der Waals surface area contributed by atoms with Crippen LogP contribution in [-0.2, 0) is 10.8 Å². The van der Waals surface area contributed by atoms with Crippen LogP contribution in [0.5, 0.6) is 5.75 Å². The van der Waals surface area contributed by atoms with E-state index in [0.29, 0.717) is 6.61 Å². The molecule has 134 valence electrons. The number of rotatable bonds is 3. The Morgan fingerprint density at radius 2 is 1.48 bits per heavy atom. The summed E-state index contributed by atoms with van der Waals surface area (Å²) < 4.78 is 5.96. The summed E-state index contributed by atoms with van der Waals surface area (Å²) in [6, 6.07) is 11.3. The molecule has 25 heavy (non-hydrogen) atoms. The molecule has 0 saturated carbocycles. The standard InChI is InChI=1S/C24H32O/c1-8-25-21-11-9-10-16(2)22(21)18-15-20-19(14-17(18)3)23(4,5)12-13-24(20,6)7/h9-11,14-15H,8,12-13H2,1-7H3. The van der Waals surface area contributed by atoms with Crippen molar-refractivity contribution in [3.05, 3.63) is 52.6 Å². The van der Waals surface area contributed by atoms with Crippen LogP contribution in [0.4, 0.5) is 0 Å². The van der Waals surface area contributed by atoms with Crippen molar-refractivity contribution in [3.8, 4) is 16.9 Å². The third kappa shape index (κ3) is 3.10. The number of hydrogen-bond acceptors (Lipinski definition) is 1. The normalized spacial score (nSPS) is 17.9. The van der Waals surface area contributed by atoms with E-state index in [0.717, 1.165) is 5.75 Å². The lowest BCUT2D eigenvalue weighted by atomic mass is 9.62. The van der Waals surface area contributed by atoms with Gasteiger partial charge < -0.3 is 4.74 Å². The second kappa shape index (κ2) is 6.20. The van der Waals surface area contributed by atoms with Gasteiger partial charge in [0.15, 0.2) is 0 Å². The highest BCUT2D eigenvalue weighted by molar-refractivity contribution is 5.78. The molecule has 1 heteroatoms. The Balaban J connectivity index is 2.28. The fourth-order valence-electron chi connectivity index (χ4n) is 4.25. The number of benzene rings is 2. The molecule has 0 N–H and O–H groups in total. The summed E-state index contributed by atoms with van der Waals surface area (Å²) in [6.45, 7) is 16.7. The lowest BCUT2D eigenvalue weighted by Crippen LogP contribution is -2.34. The average molecular weight is 337 g/mol. The summed E-state index contributed by atoms with van der Waals surface area (Å²) in [7, 11) is 0. The van der Waals surface area contributed by atoms with Gasteiger partial charge in [0.05, 0.1) is 6.61 Å². The second-order valence-corrected chi connectivity index (χ2v) is 8.86. The van der Waals surface area contributed by atoms with E-state index in [9.17, 15) is 0 Å². The zero-order valence-electron chi connectivity index (χ0n) is 16.9. The molecule has 2 aromatic rings. The maximum atomic E-state index is 5.96. The van der Waals surface area contributed by atoms with Crippen LogP contribution >= 0.6 is 0 Å². The van der Waals surface area contributed by atoms with Crippen molar-refractivity contribution >= 4 is 0 Å². The van der Waals surface area contributed by atoms with Crippen LogP contribution in [0.15, 0.2) is 30.3 Å². The summed E-state index contributed by atoms with van der Waals surface area (Å²) >= 11 is 0. The second-order valence-electron chi connectivity index (χ2n) is 8.86. The fourth-order valence-corrected chi connectivity index (χ4v) is 4.25. The van der Waals surface area contributed by atoms with Gasteiger partial charge in [0.25, 0.3) is 0 Å². The molecule has 0 amide bonds. The minimum Gasteiger partial charge on any atom is -0.493 e. The predicted octanol–water partition coefficient (Wildman–Crippen LogP) is 6.72. The van der Waals surface area contributed by atoms with Crippen molar-refractivity contribution in [3.63, 3.8) is 0 Å². The van der Waals surface area contributed by atoms with Gasteiger partial charge in [-0.3, -0.25) is 0 Å². The largest absolute Gasteiger partial charge is 0.493 e. The molecule has 3 rings (SSSR count). The molecule has 2 aromatic carbocycles. The van der Waals surface area contributed by atoms with Gasteiger partial charge in [-0.25, -0.2) is 0 Å². The first-order valence-electron chi connectivity index (χ1n) is 9.56. The zero-order valence-corrected chi connectivity index (χ0v) is 16.9. The van der Waals surface area contributed by atoms with Gasteiger partial charge >= 0.3 is 0 Å². The molecule has 0 radical (unpaired) electrons. The Morgan fingerprint density at radius 3 is 2.08 bits per heavy atom. The minimum absolute atomic E-state index is 0.224. The molecule has 0 fully saturated rings. The van der Waals surface area contributed by atoms with E-state index in [-0.39, 0.29) is 10.8 Å². The van der Waals surface area contributed by atoms with Gasteiger partial charge in [0.1, 0.15) is 5.75 Å². The van der Waals surface area contributed by atoms with E-state index in [2.05, 4.69) is 78.8 Å². The van der Waals surface area contributed by atoms with Crippen LogP contribution in [-0.4, -0.2) is 6.61 Å². The van der Waals surface area contributed by atoms with E-state index in [1.807, 2.05) is 0 Å². The van der Waals surface area contributed by atoms with Crippen molar-refractivity contribution in [2.75, 3.05) is 6.61 Å². The molecular formula is C24H32O. The van der Waals surface area contributed by atoms with E-state index in [1.54, 1.807) is 0 Å². The Labute approximate surface area is 153 Å². The maximum absolute atomic E-state index is 5.96. The maximum Gasteiger partial charge on any atom is 0.127 e. The van der Waals surface area contributed by atoms with E-state index in [4.69, 9.17) is 4.74 Å². The van der Waals surface area contributed by atoms with Gasteiger partial charge in [-0.05, 0) is 84.4 Å². The molecule has 0 saturated heterocycles. The first kappa shape index (κ1) is 18.0. The number of fused-ring (bicyclic) bond motifs is 1. The molecule has 0 heterocycles. The molecule has 0 atom stereocenters. The quantitative estimate of drug-likeness (QED) is 0.604. The first-order chi connectivity index (χ1) is 11.7. The molecule has 0 bridgehead atoms. The molecule has 0 aromatic heterocycles. The molecule has 0 spiro atoms. The van der Waals surface area contributed by atoms with Crippen molar-refractivity contribution in [1.29, 1.82) is 0 Å². The lowest BCUT2D eigenvalue weighted by molar-refractivity contribution is 0.331. The topological polar surface area (TPSA) is 9.23 Å². The third-order valence-corrected chi connectivity index (χ3v) is 6.00. The molecule has 1 nitrogen and oxygen atoms in total. The zero-order chi connectivity index (χ0) is 18.4. The van der Waals surface area contributed by atoms with Crippen LogP contribution in [0.2, 0.25) is 0 Å². The highest BCUT2D eigenvalue weighted by atomic mass is 16.5. The van der Waals surface area contributed by atoms with Crippen molar-refractivity contribution < 1.29 is 4.74 Å². The number of aryl methyl sites for hydroxylation is 2. The van der Waals surface area contributed by atoms with Crippen molar-refractivity contribution in [2.45, 2.75) is 72.1 Å². The van der Waals surface area contributed by atoms with Gasteiger partial charge in [-0.2, -0.15) is 0 Å². The summed E-state index contributed by atoms with van der Waals surface area (Å²) in [6.07, 6.45) is 2.49. The molecule has 0 aliphatic heterocycles. The molecule has 0 unspecified atom stereocenters. The SMILES string of the molecule is CCOc1cccc(C)c1-c1cc2c(cc1C)C(C)(C)CCC2(C)C. The van der Waals surface area contributed by atoms with E-state index in [1.165, 1.54) is 46.2 Å². The highest BCUT2D eigenvalue weighted by Gasteiger charge is 2.37. The summed E-state index contributed by atoms with van der Waals surface area (Å²) in [5.74, 6) is 0.999.